The van der Waals surface area contributed by atoms with Gasteiger partial charge in [0, 0.05) is 21.0 Å². The van der Waals surface area contributed by atoms with E-state index in [-0.39, 0.29) is 12.2 Å². The van der Waals surface area contributed by atoms with Gasteiger partial charge in [-0.1, -0.05) is 45.0 Å². The van der Waals surface area contributed by atoms with E-state index in [0.717, 1.165) is 32.4 Å². The standard InChI is InChI=1S/C24H26FN5OS/c1-4-17(11-25)13-30-24(31)29(15-27-30)14-20-9-10-22(32-20)18-5-7-19(8-6-18)23-26-12-21(28-23)16(2)3/h5-11,15-16H,4,12-14H2,1-3H3/b17-11+. The normalized spacial score (nSPS) is 14.2. The average Bonchev–Trinajstić information content (AvgIpc) is 3.54. The highest BCUT2D eigenvalue weighted by Gasteiger charge is 2.15. The zero-order valence-electron chi connectivity index (χ0n) is 18.5. The van der Waals surface area contributed by atoms with E-state index in [2.05, 4.69) is 59.3 Å². The summed E-state index contributed by atoms with van der Waals surface area (Å²) in [6, 6.07) is 12.4. The smallest absolute Gasteiger partial charge is 0.276 e. The molecular weight excluding hydrogens is 425 g/mol. The van der Waals surface area contributed by atoms with Gasteiger partial charge in [0.15, 0.2) is 5.84 Å². The van der Waals surface area contributed by atoms with Crippen LogP contribution in [0, 0.1) is 5.92 Å². The number of halogens is 1. The lowest BCUT2D eigenvalue weighted by Gasteiger charge is -2.02. The van der Waals surface area contributed by atoms with Crippen molar-refractivity contribution in [2.24, 2.45) is 15.9 Å². The van der Waals surface area contributed by atoms with Gasteiger partial charge in [-0.25, -0.2) is 18.9 Å². The Kier molecular flexibility index (Phi) is 6.60. The van der Waals surface area contributed by atoms with Gasteiger partial charge >= 0.3 is 5.69 Å². The minimum Gasteiger partial charge on any atom is -0.276 e. The van der Waals surface area contributed by atoms with Crippen molar-refractivity contribution < 1.29 is 4.39 Å². The largest absolute Gasteiger partial charge is 0.346 e. The van der Waals surface area contributed by atoms with Crippen LogP contribution in [-0.2, 0) is 13.1 Å². The lowest BCUT2D eigenvalue weighted by atomic mass is 10.1. The van der Waals surface area contributed by atoms with Gasteiger partial charge in [-0.3, -0.25) is 9.56 Å². The number of amidine groups is 1. The Labute approximate surface area is 190 Å². The van der Waals surface area contributed by atoms with Crippen LogP contribution in [0.3, 0.4) is 0 Å². The van der Waals surface area contributed by atoms with Crippen LogP contribution in [0.2, 0.25) is 0 Å². The topological polar surface area (TPSA) is 64.5 Å². The van der Waals surface area contributed by atoms with Crippen LogP contribution in [0.1, 0.15) is 37.6 Å². The maximum absolute atomic E-state index is 12.8. The van der Waals surface area contributed by atoms with Gasteiger partial charge in [0.2, 0.25) is 0 Å². The molecular formula is C24H26FN5OS. The number of hydrogen-bond donors (Lipinski definition) is 0. The first-order valence-electron chi connectivity index (χ1n) is 10.7. The van der Waals surface area contributed by atoms with E-state index in [9.17, 15) is 9.18 Å². The van der Waals surface area contributed by atoms with Gasteiger partial charge in [0.1, 0.15) is 6.33 Å². The Morgan fingerprint density at radius 2 is 1.94 bits per heavy atom. The molecule has 1 aliphatic heterocycles. The second-order valence-corrected chi connectivity index (χ2v) is 9.23. The zero-order chi connectivity index (χ0) is 22.7. The van der Waals surface area contributed by atoms with Gasteiger partial charge < -0.3 is 0 Å². The molecule has 0 radical (unpaired) electrons. The van der Waals surface area contributed by atoms with Crippen molar-refractivity contribution in [2.75, 3.05) is 6.54 Å². The first-order valence-corrected chi connectivity index (χ1v) is 11.5. The van der Waals surface area contributed by atoms with Crippen LogP contribution < -0.4 is 5.69 Å². The van der Waals surface area contributed by atoms with E-state index in [1.807, 2.05) is 13.0 Å². The van der Waals surface area contributed by atoms with E-state index in [1.54, 1.807) is 15.9 Å². The fourth-order valence-electron chi connectivity index (χ4n) is 3.40. The second-order valence-electron chi connectivity index (χ2n) is 8.06. The molecule has 0 saturated heterocycles. The summed E-state index contributed by atoms with van der Waals surface area (Å²) in [7, 11) is 0. The number of nitrogens with zero attached hydrogens (tertiary/aromatic N) is 5. The summed E-state index contributed by atoms with van der Waals surface area (Å²) in [5.41, 5.74) is 3.55. The fraction of sp³-hybridized carbons (Fsp3) is 0.333. The number of hydrogen-bond acceptors (Lipinski definition) is 5. The molecule has 8 heteroatoms. The van der Waals surface area contributed by atoms with Crippen LogP contribution in [0.5, 0.6) is 0 Å². The third-order valence-electron chi connectivity index (χ3n) is 5.48. The van der Waals surface area contributed by atoms with Gasteiger partial charge in [-0.15, -0.1) is 11.3 Å². The van der Waals surface area contributed by atoms with E-state index in [1.165, 1.54) is 11.0 Å². The van der Waals surface area contributed by atoms with E-state index >= 15 is 0 Å². The molecule has 0 saturated carbocycles. The molecule has 0 spiro atoms. The predicted octanol–water partition coefficient (Wildman–Crippen LogP) is 4.94. The van der Waals surface area contributed by atoms with Crippen LogP contribution in [0.15, 0.2) is 69.4 Å². The number of aromatic nitrogens is 3. The average molecular weight is 452 g/mol. The number of benzene rings is 1. The summed E-state index contributed by atoms with van der Waals surface area (Å²) >= 11 is 1.64. The molecule has 0 amide bonds. The third-order valence-corrected chi connectivity index (χ3v) is 6.60. The summed E-state index contributed by atoms with van der Waals surface area (Å²) in [5.74, 6) is 1.21. The van der Waals surface area contributed by atoms with Gasteiger partial charge in [-0.2, -0.15) is 5.10 Å². The molecule has 1 aliphatic rings. The Hall–Kier alpha value is -3.13. The molecule has 3 aromatic rings. The number of rotatable bonds is 8. The van der Waals surface area contributed by atoms with Crippen LogP contribution in [-0.4, -0.2) is 32.4 Å². The summed E-state index contributed by atoms with van der Waals surface area (Å²) in [4.78, 5) is 23.9. The first-order chi connectivity index (χ1) is 15.5. The van der Waals surface area contributed by atoms with Crippen molar-refractivity contribution in [3.05, 3.63) is 75.6 Å². The van der Waals surface area contributed by atoms with E-state index in [0.29, 0.717) is 37.3 Å². The minimum atomic E-state index is -0.240. The quantitative estimate of drug-likeness (QED) is 0.487. The Morgan fingerprint density at radius 1 is 1.19 bits per heavy atom. The zero-order valence-corrected chi connectivity index (χ0v) is 19.3. The Bertz CT molecular complexity index is 1240. The summed E-state index contributed by atoms with van der Waals surface area (Å²) in [5, 5.41) is 4.12. The number of allylic oxidation sites excluding steroid dienone is 1. The van der Waals surface area contributed by atoms with Crippen molar-refractivity contribution in [1.29, 1.82) is 0 Å². The SMILES string of the molecule is CC/C(=C\F)Cn1ncn(Cc2ccc(-c3ccc(C4=NCC(C(C)C)=N4)cc3)s2)c1=O. The molecule has 0 bridgehead atoms. The molecule has 0 fully saturated rings. The minimum absolute atomic E-state index is 0.175. The van der Waals surface area contributed by atoms with E-state index < -0.39 is 0 Å². The molecule has 0 unspecified atom stereocenters. The van der Waals surface area contributed by atoms with Crippen LogP contribution in [0.25, 0.3) is 10.4 Å². The van der Waals surface area contributed by atoms with Crippen molar-refractivity contribution in [1.82, 2.24) is 14.3 Å². The van der Waals surface area contributed by atoms with Crippen molar-refractivity contribution in [3.8, 4) is 10.4 Å². The lowest BCUT2D eigenvalue weighted by Crippen LogP contribution is -2.25. The molecule has 0 atom stereocenters. The highest BCUT2D eigenvalue weighted by atomic mass is 32.1. The summed E-state index contributed by atoms with van der Waals surface area (Å²) in [6.07, 6.45) is 2.61. The molecule has 166 valence electrons. The lowest BCUT2D eigenvalue weighted by molar-refractivity contribution is 0.599. The third kappa shape index (κ3) is 4.70. The molecule has 6 nitrogen and oxygen atoms in total. The van der Waals surface area contributed by atoms with Crippen LogP contribution in [0.4, 0.5) is 4.39 Å². The maximum Gasteiger partial charge on any atom is 0.346 e. The summed E-state index contributed by atoms with van der Waals surface area (Å²) in [6.45, 7) is 7.42. The van der Waals surface area contributed by atoms with Crippen molar-refractivity contribution in [2.45, 2.75) is 40.3 Å². The van der Waals surface area contributed by atoms with Crippen molar-refractivity contribution in [3.63, 3.8) is 0 Å². The molecule has 2 aromatic heterocycles. The van der Waals surface area contributed by atoms with Crippen LogP contribution >= 0.6 is 11.3 Å². The molecule has 32 heavy (non-hydrogen) atoms. The molecule has 3 heterocycles. The first kappa shape index (κ1) is 22.1. The second kappa shape index (κ2) is 9.56. The van der Waals surface area contributed by atoms with Crippen molar-refractivity contribution >= 4 is 22.9 Å². The Balaban J connectivity index is 1.46. The molecule has 0 N–H and O–H groups in total. The van der Waals surface area contributed by atoms with Gasteiger partial charge in [-0.05, 0) is 35.6 Å². The summed E-state index contributed by atoms with van der Waals surface area (Å²) < 4.78 is 15.7. The monoisotopic (exact) mass is 451 g/mol. The maximum atomic E-state index is 12.8. The van der Waals surface area contributed by atoms with E-state index in [4.69, 9.17) is 0 Å². The Morgan fingerprint density at radius 3 is 2.59 bits per heavy atom. The predicted molar refractivity (Wildman–Crippen MR) is 129 cm³/mol. The van der Waals surface area contributed by atoms with Gasteiger partial charge in [0.25, 0.3) is 0 Å². The number of aliphatic imine (C=N–C) groups is 2. The molecule has 1 aromatic carbocycles. The van der Waals surface area contributed by atoms with Gasteiger partial charge in [0.05, 0.1) is 26.0 Å². The highest BCUT2D eigenvalue weighted by Crippen LogP contribution is 2.29. The fourth-order valence-corrected chi connectivity index (χ4v) is 4.42. The highest BCUT2D eigenvalue weighted by molar-refractivity contribution is 7.15. The molecule has 0 aliphatic carbocycles. The molecule has 4 rings (SSSR count). The number of thiophene rings is 1.